The fourth-order valence-electron chi connectivity index (χ4n) is 6.77. The number of nitrogens with zero attached hydrogens (tertiary/aromatic N) is 2. The molecule has 2 aromatic rings. The molecule has 2 aromatic carbocycles. The summed E-state index contributed by atoms with van der Waals surface area (Å²) in [5, 5.41) is 12.3. The second kappa shape index (κ2) is 12.3. The van der Waals surface area contributed by atoms with Crippen LogP contribution in [0.15, 0.2) is 42.5 Å². The van der Waals surface area contributed by atoms with Crippen molar-refractivity contribution in [3.8, 4) is 11.1 Å². The molecule has 1 saturated carbocycles. The smallest absolute Gasteiger partial charge is 0.407 e. The molecule has 224 valence electrons. The van der Waals surface area contributed by atoms with E-state index >= 15 is 0 Å². The molecule has 3 aliphatic rings. The number of amides is 1. The van der Waals surface area contributed by atoms with E-state index < -0.39 is 5.60 Å². The lowest BCUT2D eigenvalue weighted by atomic mass is 9.85. The first-order valence-electron chi connectivity index (χ1n) is 15.5. The summed E-state index contributed by atoms with van der Waals surface area (Å²) in [5.41, 5.74) is 6.02. The molecule has 1 saturated heterocycles. The maximum absolute atomic E-state index is 12.2. The van der Waals surface area contributed by atoms with Crippen LogP contribution >= 0.6 is 0 Å². The van der Waals surface area contributed by atoms with Crippen molar-refractivity contribution in [2.24, 2.45) is 0 Å². The van der Waals surface area contributed by atoms with E-state index in [1.54, 1.807) is 0 Å². The molecular formula is C34H49N3O4. The Labute approximate surface area is 246 Å². The van der Waals surface area contributed by atoms with Crippen LogP contribution in [0, 0.1) is 0 Å². The summed E-state index contributed by atoms with van der Waals surface area (Å²) in [5.74, 6) is 0. The van der Waals surface area contributed by atoms with E-state index in [9.17, 15) is 9.90 Å². The Bertz CT molecular complexity index is 1180. The number of benzene rings is 2. The summed E-state index contributed by atoms with van der Waals surface area (Å²) < 4.78 is 11.7. The quantitative estimate of drug-likeness (QED) is 0.419. The van der Waals surface area contributed by atoms with Crippen molar-refractivity contribution in [3.05, 3.63) is 53.6 Å². The van der Waals surface area contributed by atoms with Gasteiger partial charge in [-0.2, -0.15) is 0 Å². The molecule has 0 aromatic heterocycles. The number of carbonyl (C=O) groups is 1. The molecule has 2 fully saturated rings. The molecule has 2 atom stereocenters. The van der Waals surface area contributed by atoms with Gasteiger partial charge >= 0.3 is 6.09 Å². The SMILES string of the molecule is CC(C)(C)OC(=O)N[C@H]1CCC[C@@H]1OCc1ccc(-c2ccc3c(c2)C(C)(C)CN3C2CCN(CCO)CC2)cc1. The number of likely N-dealkylation sites (tertiary alicyclic amines) is 1. The highest BCUT2D eigenvalue weighted by atomic mass is 16.6. The number of hydrogen-bond acceptors (Lipinski definition) is 6. The average molecular weight is 564 g/mol. The van der Waals surface area contributed by atoms with Crippen LogP contribution in [0.5, 0.6) is 0 Å². The molecule has 5 rings (SSSR count). The van der Waals surface area contributed by atoms with Gasteiger partial charge in [-0.3, -0.25) is 0 Å². The van der Waals surface area contributed by atoms with Crippen LogP contribution in [0.3, 0.4) is 0 Å². The summed E-state index contributed by atoms with van der Waals surface area (Å²) in [6, 6.07) is 16.3. The molecule has 0 radical (unpaired) electrons. The van der Waals surface area contributed by atoms with Gasteiger partial charge in [0.25, 0.3) is 0 Å². The molecule has 41 heavy (non-hydrogen) atoms. The van der Waals surface area contributed by atoms with E-state index in [2.05, 4.69) is 71.4 Å². The number of β-amino-alcohol motifs (C(OH)–C–C–N with tert-alkyl or cyclic N) is 1. The molecule has 0 spiro atoms. The average Bonchev–Trinajstić information content (AvgIpc) is 3.47. The maximum atomic E-state index is 12.2. The van der Waals surface area contributed by atoms with Gasteiger partial charge in [0.15, 0.2) is 0 Å². The molecular weight excluding hydrogens is 514 g/mol. The lowest BCUT2D eigenvalue weighted by molar-refractivity contribution is 0.0166. The van der Waals surface area contributed by atoms with Gasteiger partial charge in [0.2, 0.25) is 0 Å². The standard InChI is InChI=1S/C34H49N3O4/c1-33(2,3)41-32(39)35-29-7-6-8-31(29)40-22-24-9-11-25(12-10-24)26-13-14-30-28(21-26)34(4,5)23-37(30)27-15-17-36(18-16-27)19-20-38/h9-14,21,27,29,31,38H,6-8,15-20,22-23H2,1-5H3,(H,35,39)/t29-,31-/m0/s1. The number of alkyl carbamates (subject to hydrolysis) is 1. The summed E-state index contributed by atoms with van der Waals surface area (Å²) in [6.07, 6.45) is 4.84. The number of aliphatic hydroxyl groups is 1. The number of rotatable bonds is 8. The van der Waals surface area contributed by atoms with E-state index in [0.29, 0.717) is 12.6 Å². The zero-order valence-corrected chi connectivity index (χ0v) is 25.6. The van der Waals surface area contributed by atoms with Crippen LogP contribution < -0.4 is 10.2 Å². The van der Waals surface area contributed by atoms with Crippen molar-refractivity contribution in [2.45, 2.75) is 103 Å². The second-order valence-electron chi connectivity index (χ2n) is 13.8. The maximum Gasteiger partial charge on any atom is 0.407 e. The molecule has 1 aliphatic carbocycles. The topological polar surface area (TPSA) is 74.3 Å². The number of ether oxygens (including phenoxy) is 2. The summed E-state index contributed by atoms with van der Waals surface area (Å²) in [4.78, 5) is 17.3. The van der Waals surface area contributed by atoms with Crippen LogP contribution in [0.2, 0.25) is 0 Å². The largest absolute Gasteiger partial charge is 0.444 e. The third kappa shape index (κ3) is 7.25. The van der Waals surface area contributed by atoms with E-state index in [4.69, 9.17) is 9.47 Å². The Hall–Kier alpha value is -2.61. The predicted molar refractivity (Wildman–Crippen MR) is 164 cm³/mol. The highest BCUT2D eigenvalue weighted by Gasteiger charge is 2.39. The highest BCUT2D eigenvalue weighted by molar-refractivity contribution is 5.73. The Morgan fingerprint density at radius 1 is 1.02 bits per heavy atom. The Balaban J connectivity index is 1.20. The van der Waals surface area contributed by atoms with E-state index in [-0.39, 0.29) is 30.3 Å². The van der Waals surface area contributed by atoms with Crippen molar-refractivity contribution >= 4 is 11.8 Å². The number of fused-ring (bicyclic) bond motifs is 1. The molecule has 2 heterocycles. The van der Waals surface area contributed by atoms with Crippen LogP contribution in [-0.2, 0) is 21.5 Å². The monoisotopic (exact) mass is 563 g/mol. The fraction of sp³-hybridized carbons (Fsp3) is 0.618. The van der Waals surface area contributed by atoms with Gasteiger partial charge in [0, 0.05) is 43.3 Å². The van der Waals surface area contributed by atoms with Crippen LogP contribution in [0.4, 0.5) is 10.5 Å². The van der Waals surface area contributed by atoms with Crippen LogP contribution in [-0.4, -0.2) is 72.7 Å². The highest BCUT2D eigenvalue weighted by Crippen LogP contribution is 2.44. The van der Waals surface area contributed by atoms with Gasteiger partial charge in [0.1, 0.15) is 5.60 Å². The van der Waals surface area contributed by atoms with Gasteiger partial charge in [0.05, 0.1) is 25.4 Å². The van der Waals surface area contributed by atoms with Gasteiger partial charge in [-0.15, -0.1) is 0 Å². The van der Waals surface area contributed by atoms with Crippen molar-refractivity contribution in [2.75, 3.05) is 37.7 Å². The van der Waals surface area contributed by atoms with Gasteiger partial charge in [-0.05, 0) is 87.3 Å². The summed E-state index contributed by atoms with van der Waals surface area (Å²) >= 11 is 0. The number of anilines is 1. The predicted octanol–water partition coefficient (Wildman–Crippen LogP) is 5.87. The normalized spacial score (nSPS) is 23.0. The number of piperidine rings is 1. The number of aliphatic hydroxyl groups excluding tert-OH is 1. The lowest BCUT2D eigenvalue weighted by Crippen LogP contribution is -2.46. The zero-order chi connectivity index (χ0) is 29.2. The third-order valence-electron chi connectivity index (χ3n) is 8.92. The lowest BCUT2D eigenvalue weighted by Gasteiger charge is -2.38. The first kappa shape index (κ1) is 29.9. The molecule has 7 nitrogen and oxygen atoms in total. The fourth-order valence-corrected chi connectivity index (χ4v) is 6.77. The Morgan fingerprint density at radius 2 is 1.73 bits per heavy atom. The molecule has 0 bridgehead atoms. The number of hydrogen-bond donors (Lipinski definition) is 2. The van der Waals surface area contributed by atoms with Crippen LogP contribution in [0.1, 0.15) is 77.8 Å². The van der Waals surface area contributed by atoms with E-state index in [1.165, 1.54) is 22.4 Å². The Kier molecular flexibility index (Phi) is 8.98. The summed E-state index contributed by atoms with van der Waals surface area (Å²) in [6.45, 7) is 15.1. The zero-order valence-electron chi connectivity index (χ0n) is 25.6. The van der Waals surface area contributed by atoms with Gasteiger partial charge in [-0.1, -0.05) is 44.2 Å². The molecule has 7 heteroatoms. The van der Waals surface area contributed by atoms with Crippen molar-refractivity contribution < 1.29 is 19.4 Å². The van der Waals surface area contributed by atoms with Crippen molar-refractivity contribution in [3.63, 3.8) is 0 Å². The van der Waals surface area contributed by atoms with E-state index in [1.807, 2.05) is 20.8 Å². The van der Waals surface area contributed by atoms with Crippen molar-refractivity contribution in [1.82, 2.24) is 10.2 Å². The van der Waals surface area contributed by atoms with Gasteiger partial charge < -0.3 is 29.7 Å². The minimum Gasteiger partial charge on any atom is -0.444 e. The van der Waals surface area contributed by atoms with Crippen LogP contribution in [0.25, 0.3) is 11.1 Å². The molecule has 2 aliphatic heterocycles. The number of carbonyl (C=O) groups excluding carboxylic acids is 1. The second-order valence-corrected chi connectivity index (χ2v) is 13.8. The molecule has 2 N–H and O–H groups in total. The first-order chi connectivity index (χ1) is 19.5. The third-order valence-corrected chi connectivity index (χ3v) is 8.92. The molecule has 0 unspecified atom stereocenters. The minimum atomic E-state index is -0.506. The van der Waals surface area contributed by atoms with E-state index in [0.717, 1.165) is 63.8 Å². The number of nitrogens with one attached hydrogen (secondary N) is 1. The summed E-state index contributed by atoms with van der Waals surface area (Å²) in [7, 11) is 0. The Morgan fingerprint density at radius 3 is 2.41 bits per heavy atom. The minimum absolute atomic E-state index is 0.00555. The molecule has 1 amide bonds. The first-order valence-corrected chi connectivity index (χ1v) is 15.5. The van der Waals surface area contributed by atoms with Crippen molar-refractivity contribution in [1.29, 1.82) is 0 Å². The van der Waals surface area contributed by atoms with Gasteiger partial charge in [-0.25, -0.2) is 4.79 Å².